The molecule has 4 rings (SSSR count). The number of carbonyl (C=O) groups is 1. The van der Waals surface area contributed by atoms with Crippen molar-refractivity contribution in [2.24, 2.45) is 0 Å². The van der Waals surface area contributed by atoms with Gasteiger partial charge in [-0.1, -0.05) is 41.9 Å². The fraction of sp³-hybridized carbons (Fsp3) is 0.190. The van der Waals surface area contributed by atoms with Crippen LogP contribution in [0.1, 0.15) is 17.3 Å². The van der Waals surface area contributed by atoms with Crippen molar-refractivity contribution >= 4 is 44.7 Å². The summed E-state index contributed by atoms with van der Waals surface area (Å²) in [6, 6.07) is 15.9. The summed E-state index contributed by atoms with van der Waals surface area (Å²) in [5.41, 5.74) is 1.33. The Morgan fingerprint density at radius 3 is 2.65 bits per heavy atom. The number of benzene rings is 2. The van der Waals surface area contributed by atoms with Crippen LogP contribution in [0.5, 0.6) is 0 Å². The van der Waals surface area contributed by atoms with E-state index >= 15 is 0 Å². The Labute approximate surface area is 188 Å². The molecular weight excluding hydrogens is 461 g/mol. The monoisotopic (exact) mass is 479 g/mol. The van der Waals surface area contributed by atoms with E-state index in [0.717, 1.165) is 25.7 Å². The number of rotatable bonds is 4. The van der Waals surface area contributed by atoms with Crippen molar-refractivity contribution in [1.82, 2.24) is 9.03 Å². The van der Waals surface area contributed by atoms with Crippen molar-refractivity contribution < 1.29 is 17.6 Å². The lowest BCUT2D eigenvalue weighted by atomic mass is 10.1. The zero-order valence-electron chi connectivity index (χ0n) is 16.4. The van der Waals surface area contributed by atoms with Crippen LogP contribution in [0.2, 0.25) is 5.02 Å². The molecule has 0 spiro atoms. The standard InChI is InChI=1S/C21H19ClFN3O3S2/c1-26-18(21(27)24-14-7-8-16(23)15(22)11-14)12-17(25-31(26,28)29)20-10-9-19(30-20)13-5-3-2-4-6-13/h2-11,17-18,25H,12H2,1H3,(H,24,27). The highest BCUT2D eigenvalue weighted by molar-refractivity contribution is 7.87. The number of halogens is 2. The number of anilines is 1. The molecule has 1 fully saturated rings. The minimum absolute atomic E-state index is 0.131. The summed E-state index contributed by atoms with van der Waals surface area (Å²) < 4.78 is 42.4. The van der Waals surface area contributed by atoms with Gasteiger partial charge in [-0.25, -0.2) is 4.39 Å². The van der Waals surface area contributed by atoms with Crippen LogP contribution in [0, 0.1) is 5.82 Å². The van der Waals surface area contributed by atoms with Crippen LogP contribution in [0.15, 0.2) is 60.7 Å². The van der Waals surface area contributed by atoms with E-state index in [0.29, 0.717) is 5.69 Å². The normalized spacial score (nSPS) is 21.0. The number of hydrogen-bond donors (Lipinski definition) is 2. The molecule has 1 aliphatic rings. The van der Waals surface area contributed by atoms with Gasteiger partial charge in [0, 0.05) is 22.5 Å². The molecule has 6 nitrogen and oxygen atoms in total. The number of likely N-dealkylation sites (N-methyl/N-ethyl adjacent to an activating group) is 1. The predicted octanol–water partition coefficient (Wildman–Crippen LogP) is 4.43. The van der Waals surface area contributed by atoms with Crippen LogP contribution in [-0.2, 0) is 15.0 Å². The molecule has 0 bridgehead atoms. The van der Waals surface area contributed by atoms with Crippen LogP contribution in [0.4, 0.5) is 10.1 Å². The van der Waals surface area contributed by atoms with Crippen molar-refractivity contribution in [3.05, 3.63) is 76.4 Å². The zero-order chi connectivity index (χ0) is 22.2. The lowest BCUT2D eigenvalue weighted by Crippen LogP contribution is -2.55. The molecule has 0 saturated carbocycles. The van der Waals surface area contributed by atoms with Gasteiger partial charge in [0.25, 0.3) is 10.2 Å². The summed E-state index contributed by atoms with van der Waals surface area (Å²) in [7, 11) is -2.52. The van der Waals surface area contributed by atoms with Crippen LogP contribution in [0.3, 0.4) is 0 Å². The highest BCUT2D eigenvalue weighted by atomic mass is 35.5. The molecule has 2 atom stereocenters. The molecule has 0 aliphatic carbocycles. The van der Waals surface area contributed by atoms with Gasteiger partial charge < -0.3 is 5.32 Å². The molecule has 1 aromatic heterocycles. The summed E-state index contributed by atoms with van der Waals surface area (Å²) in [5.74, 6) is -1.12. The van der Waals surface area contributed by atoms with Crippen LogP contribution in [0.25, 0.3) is 10.4 Å². The fourth-order valence-corrected chi connectivity index (χ4v) is 5.99. The average molecular weight is 480 g/mol. The molecule has 2 heterocycles. The Bertz CT molecular complexity index is 1220. The second kappa shape index (κ2) is 8.68. The Balaban J connectivity index is 1.57. The van der Waals surface area contributed by atoms with E-state index in [9.17, 15) is 17.6 Å². The maximum Gasteiger partial charge on any atom is 0.280 e. The first kappa shape index (κ1) is 21.9. The summed E-state index contributed by atoms with van der Waals surface area (Å²) in [4.78, 5) is 14.7. The van der Waals surface area contributed by atoms with Crippen molar-refractivity contribution in [1.29, 1.82) is 0 Å². The number of carbonyl (C=O) groups excluding carboxylic acids is 1. The highest BCUT2D eigenvalue weighted by Crippen LogP contribution is 2.36. The van der Waals surface area contributed by atoms with E-state index < -0.39 is 34.0 Å². The van der Waals surface area contributed by atoms with Gasteiger partial charge in [-0.05, 0) is 42.3 Å². The van der Waals surface area contributed by atoms with Gasteiger partial charge in [-0.3, -0.25) is 4.79 Å². The quantitative estimate of drug-likeness (QED) is 0.581. The minimum Gasteiger partial charge on any atom is -0.325 e. The van der Waals surface area contributed by atoms with E-state index in [2.05, 4.69) is 10.0 Å². The van der Waals surface area contributed by atoms with Gasteiger partial charge in [0.05, 0.1) is 11.1 Å². The number of hydrogen-bond acceptors (Lipinski definition) is 4. The number of thiophene rings is 1. The molecule has 3 aromatic rings. The van der Waals surface area contributed by atoms with Crippen LogP contribution < -0.4 is 10.0 Å². The molecule has 2 N–H and O–H groups in total. The van der Waals surface area contributed by atoms with Crippen LogP contribution >= 0.6 is 22.9 Å². The molecule has 10 heteroatoms. The van der Waals surface area contributed by atoms with Crippen molar-refractivity contribution in [3.8, 4) is 10.4 Å². The van der Waals surface area contributed by atoms with Gasteiger partial charge in [0.2, 0.25) is 5.91 Å². The maximum atomic E-state index is 13.4. The summed E-state index contributed by atoms with van der Waals surface area (Å²) in [6.07, 6.45) is 0.241. The molecule has 31 heavy (non-hydrogen) atoms. The molecule has 162 valence electrons. The third-order valence-electron chi connectivity index (χ3n) is 5.09. The lowest BCUT2D eigenvalue weighted by Gasteiger charge is -2.35. The van der Waals surface area contributed by atoms with Crippen molar-refractivity contribution in [2.45, 2.75) is 18.5 Å². The Hall–Kier alpha value is -2.30. The molecule has 1 aliphatic heterocycles. The maximum absolute atomic E-state index is 13.4. The summed E-state index contributed by atoms with van der Waals surface area (Å²) >= 11 is 7.25. The minimum atomic E-state index is -3.87. The van der Waals surface area contributed by atoms with Crippen LogP contribution in [-0.4, -0.2) is 31.7 Å². The summed E-state index contributed by atoms with van der Waals surface area (Å²) in [5, 5.41) is 2.50. The van der Waals surface area contributed by atoms with E-state index in [1.54, 1.807) is 0 Å². The first-order valence-corrected chi connectivity index (χ1v) is 12.0. The molecule has 0 radical (unpaired) electrons. The smallest absolute Gasteiger partial charge is 0.280 e. The Morgan fingerprint density at radius 2 is 1.94 bits per heavy atom. The van der Waals surface area contributed by atoms with Gasteiger partial charge in [-0.15, -0.1) is 11.3 Å². The predicted molar refractivity (Wildman–Crippen MR) is 121 cm³/mol. The fourth-order valence-electron chi connectivity index (χ4n) is 3.39. The lowest BCUT2D eigenvalue weighted by molar-refractivity contribution is -0.120. The van der Waals surface area contributed by atoms with Gasteiger partial charge in [0.1, 0.15) is 11.9 Å². The molecular formula is C21H19ClFN3O3S2. The average Bonchev–Trinajstić information content (AvgIpc) is 3.23. The van der Waals surface area contributed by atoms with E-state index in [4.69, 9.17) is 11.6 Å². The second-order valence-electron chi connectivity index (χ2n) is 7.13. The largest absolute Gasteiger partial charge is 0.325 e. The third kappa shape index (κ3) is 4.65. The van der Waals surface area contributed by atoms with Crippen molar-refractivity contribution in [3.63, 3.8) is 0 Å². The van der Waals surface area contributed by atoms with Gasteiger partial charge in [-0.2, -0.15) is 17.4 Å². The number of nitrogens with one attached hydrogen (secondary N) is 2. The van der Waals surface area contributed by atoms with E-state index in [-0.39, 0.29) is 11.4 Å². The Kier molecular flexibility index (Phi) is 6.14. The molecule has 2 unspecified atom stereocenters. The summed E-state index contributed by atoms with van der Waals surface area (Å²) in [6.45, 7) is 0. The molecule has 1 amide bonds. The zero-order valence-corrected chi connectivity index (χ0v) is 18.8. The third-order valence-corrected chi connectivity index (χ3v) is 8.22. The van der Waals surface area contributed by atoms with Gasteiger partial charge in [0.15, 0.2) is 0 Å². The highest BCUT2D eigenvalue weighted by Gasteiger charge is 2.41. The van der Waals surface area contributed by atoms with Gasteiger partial charge >= 0.3 is 0 Å². The Morgan fingerprint density at radius 1 is 1.19 bits per heavy atom. The second-order valence-corrected chi connectivity index (χ2v) is 10.4. The number of nitrogens with zero attached hydrogens (tertiary/aromatic N) is 1. The SMILES string of the molecule is CN1C(C(=O)Nc2ccc(F)c(Cl)c2)CC(c2ccc(-c3ccccc3)s2)NS1(=O)=O. The van der Waals surface area contributed by atoms with Crippen molar-refractivity contribution in [2.75, 3.05) is 12.4 Å². The molecule has 2 aromatic carbocycles. The first-order chi connectivity index (χ1) is 14.7. The number of amides is 1. The molecule has 1 saturated heterocycles. The van der Waals surface area contributed by atoms with E-state index in [1.807, 2.05) is 42.5 Å². The van der Waals surface area contributed by atoms with E-state index in [1.165, 1.54) is 30.5 Å². The topological polar surface area (TPSA) is 78.5 Å². The first-order valence-electron chi connectivity index (χ1n) is 9.41.